The summed E-state index contributed by atoms with van der Waals surface area (Å²) in [5.41, 5.74) is 1.21. The van der Waals surface area contributed by atoms with Gasteiger partial charge < -0.3 is 9.64 Å². The molecule has 0 aliphatic carbocycles. The number of thiophene rings is 1. The Kier molecular flexibility index (Phi) is 5.59. The fraction of sp³-hybridized carbons (Fsp3) is 0.353. The third kappa shape index (κ3) is 4.50. The molecule has 1 aliphatic heterocycles. The predicted molar refractivity (Wildman–Crippen MR) is 95.8 cm³/mol. The van der Waals surface area contributed by atoms with Crippen LogP contribution in [0.25, 0.3) is 0 Å². The molecule has 1 amide bonds. The van der Waals surface area contributed by atoms with E-state index >= 15 is 0 Å². The van der Waals surface area contributed by atoms with Crippen molar-refractivity contribution in [1.82, 2.24) is 10.2 Å². The molecule has 23 heavy (non-hydrogen) atoms. The molecule has 1 aromatic carbocycles. The summed E-state index contributed by atoms with van der Waals surface area (Å²) in [7, 11) is 0. The first kappa shape index (κ1) is 16.4. The highest BCUT2D eigenvalue weighted by atomic mass is 32.2. The molecular formula is C17H20N2O2S2. The van der Waals surface area contributed by atoms with Gasteiger partial charge in [-0.05, 0) is 30.5 Å². The molecule has 122 valence electrons. The number of hydrogen-bond acceptors (Lipinski definition) is 5. The lowest BCUT2D eigenvalue weighted by Gasteiger charge is -2.28. The number of nitrogens with one attached hydrogen (secondary N) is 1. The number of carbonyl (C=O) groups is 1. The average molecular weight is 348 g/mol. The smallest absolute Gasteiger partial charge is 0.262 e. The number of ether oxygens (including phenoxy) is 1. The monoisotopic (exact) mass is 348 g/mol. The Morgan fingerprint density at radius 3 is 2.83 bits per heavy atom. The van der Waals surface area contributed by atoms with Gasteiger partial charge in [0.15, 0.2) is 6.61 Å². The van der Waals surface area contributed by atoms with E-state index in [1.54, 1.807) is 23.1 Å². The van der Waals surface area contributed by atoms with Gasteiger partial charge in [-0.25, -0.2) is 0 Å². The Hall–Kier alpha value is -1.50. The maximum absolute atomic E-state index is 12.6. The van der Waals surface area contributed by atoms with Crippen molar-refractivity contribution >= 4 is 29.0 Å². The van der Waals surface area contributed by atoms with Crippen molar-refractivity contribution < 1.29 is 9.53 Å². The van der Waals surface area contributed by atoms with E-state index in [2.05, 4.69) is 11.4 Å². The number of thioether (sulfide) groups is 1. The summed E-state index contributed by atoms with van der Waals surface area (Å²) in [6.07, 6.45) is 0. The van der Waals surface area contributed by atoms with E-state index in [1.165, 1.54) is 10.4 Å². The largest absolute Gasteiger partial charge is 0.484 e. The van der Waals surface area contributed by atoms with Crippen LogP contribution in [0, 0.1) is 6.92 Å². The van der Waals surface area contributed by atoms with Crippen LogP contribution in [0.1, 0.15) is 10.4 Å². The van der Waals surface area contributed by atoms with Crippen LogP contribution in [0.3, 0.4) is 0 Å². The van der Waals surface area contributed by atoms with Crippen LogP contribution in [0.15, 0.2) is 41.8 Å². The fourth-order valence-electron chi connectivity index (χ4n) is 2.35. The number of rotatable bonds is 6. The van der Waals surface area contributed by atoms with Gasteiger partial charge in [0.2, 0.25) is 0 Å². The van der Waals surface area contributed by atoms with Crippen LogP contribution in [-0.4, -0.2) is 35.2 Å². The van der Waals surface area contributed by atoms with Crippen LogP contribution < -0.4 is 10.1 Å². The number of aryl methyl sites for hydroxylation is 1. The molecule has 6 heteroatoms. The summed E-state index contributed by atoms with van der Waals surface area (Å²) < 4.78 is 5.66. The number of nitrogens with zero attached hydrogens (tertiary/aromatic N) is 1. The molecule has 3 rings (SSSR count). The Balaban J connectivity index is 1.63. The topological polar surface area (TPSA) is 41.6 Å². The molecule has 0 bridgehead atoms. The number of amides is 1. The quantitative estimate of drug-likeness (QED) is 0.871. The molecule has 0 radical (unpaired) electrons. The minimum absolute atomic E-state index is 0.00544. The van der Waals surface area contributed by atoms with Gasteiger partial charge in [0.25, 0.3) is 5.91 Å². The molecule has 0 saturated carbocycles. The standard InChI is InChI=1S/C17H20N2O2S2/c1-13-4-6-14(7-5-13)21-12-16(20)19(17-18-8-10-23-17)11-15-3-2-9-22-15/h2-7,9,17-18H,8,10-12H2,1H3. The first-order chi connectivity index (χ1) is 11.2. The van der Waals surface area contributed by atoms with Gasteiger partial charge in [-0.15, -0.1) is 23.1 Å². The van der Waals surface area contributed by atoms with Crippen molar-refractivity contribution in [2.45, 2.75) is 19.0 Å². The first-order valence-corrected chi connectivity index (χ1v) is 9.51. The second-order valence-electron chi connectivity index (χ2n) is 5.38. The molecule has 1 aromatic heterocycles. The minimum Gasteiger partial charge on any atom is -0.484 e. The van der Waals surface area contributed by atoms with Crippen molar-refractivity contribution in [3.05, 3.63) is 52.2 Å². The lowest BCUT2D eigenvalue weighted by Crippen LogP contribution is -2.45. The third-order valence-electron chi connectivity index (χ3n) is 3.59. The summed E-state index contributed by atoms with van der Waals surface area (Å²) in [6.45, 7) is 3.65. The molecule has 0 spiro atoms. The Bertz CT molecular complexity index is 623. The van der Waals surface area contributed by atoms with E-state index in [9.17, 15) is 4.79 Å². The normalized spacial score (nSPS) is 17.2. The van der Waals surface area contributed by atoms with Crippen molar-refractivity contribution in [2.75, 3.05) is 18.9 Å². The molecule has 1 unspecified atom stereocenters. The second-order valence-corrected chi connectivity index (χ2v) is 7.60. The minimum atomic E-state index is 0.00544. The molecule has 2 heterocycles. The number of hydrogen-bond donors (Lipinski definition) is 1. The van der Waals surface area contributed by atoms with E-state index in [0.717, 1.165) is 18.0 Å². The third-order valence-corrected chi connectivity index (χ3v) is 5.63. The molecule has 1 saturated heterocycles. The van der Waals surface area contributed by atoms with Gasteiger partial charge in [-0.1, -0.05) is 23.8 Å². The highest BCUT2D eigenvalue weighted by Crippen LogP contribution is 2.22. The summed E-state index contributed by atoms with van der Waals surface area (Å²) in [5, 5.41) is 5.41. The van der Waals surface area contributed by atoms with Crippen molar-refractivity contribution in [1.29, 1.82) is 0 Å². The molecular weight excluding hydrogens is 328 g/mol. The van der Waals surface area contributed by atoms with Gasteiger partial charge in [0.1, 0.15) is 11.2 Å². The summed E-state index contributed by atoms with van der Waals surface area (Å²) in [5.74, 6) is 1.76. The highest BCUT2D eigenvalue weighted by Gasteiger charge is 2.27. The lowest BCUT2D eigenvalue weighted by molar-refractivity contribution is -0.135. The van der Waals surface area contributed by atoms with Crippen LogP contribution in [0.4, 0.5) is 0 Å². The van der Waals surface area contributed by atoms with Crippen molar-refractivity contribution in [3.63, 3.8) is 0 Å². The zero-order valence-corrected chi connectivity index (χ0v) is 14.7. The molecule has 1 fully saturated rings. The molecule has 1 N–H and O–H groups in total. The Labute approximate surface area is 144 Å². The predicted octanol–water partition coefficient (Wildman–Crippen LogP) is 3.08. The molecule has 2 aromatic rings. The number of carbonyl (C=O) groups excluding carboxylic acids is 1. The number of benzene rings is 1. The van der Waals surface area contributed by atoms with Crippen LogP contribution in [-0.2, 0) is 11.3 Å². The Morgan fingerprint density at radius 1 is 1.35 bits per heavy atom. The van der Waals surface area contributed by atoms with E-state index in [1.807, 2.05) is 47.5 Å². The van der Waals surface area contributed by atoms with E-state index in [0.29, 0.717) is 6.54 Å². The fourth-order valence-corrected chi connectivity index (χ4v) is 4.12. The molecule has 1 aliphatic rings. The SMILES string of the molecule is Cc1ccc(OCC(=O)N(Cc2cccs2)C2NCCS2)cc1. The zero-order valence-electron chi connectivity index (χ0n) is 13.0. The van der Waals surface area contributed by atoms with Gasteiger partial charge in [-0.2, -0.15) is 0 Å². The van der Waals surface area contributed by atoms with Gasteiger partial charge >= 0.3 is 0 Å². The van der Waals surface area contributed by atoms with Crippen molar-refractivity contribution in [3.8, 4) is 5.75 Å². The molecule has 1 atom stereocenters. The molecule has 4 nitrogen and oxygen atoms in total. The summed E-state index contributed by atoms with van der Waals surface area (Å²) in [6, 6.07) is 11.8. The maximum atomic E-state index is 12.6. The van der Waals surface area contributed by atoms with Crippen LogP contribution in [0.5, 0.6) is 5.75 Å². The zero-order chi connectivity index (χ0) is 16.1. The van der Waals surface area contributed by atoms with Gasteiger partial charge in [-0.3, -0.25) is 10.1 Å². The van der Waals surface area contributed by atoms with E-state index in [4.69, 9.17) is 4.74 Å². The highest BCUT2D eigenvalue weighted by molar-refractivity contribution is 8.00. The van der Waals surface area contributed by atoms with Crippen LogP contribution in [0.2, 0.25) is 0 Å². The van der Waals surface area contributed by atoms with Gasteiger partial charge in [0, 0.05) is 17.2 Å². The second kappa shape index (κ2) is 7.86. The van der Waals surface area contributed by atoms with E-state index in [-0.39, 0.29) is 18.0 Å². The lowest BCUT2D eigenvalue weighted by atomic mass is 10.2. The first-order valence-electron chi connectivity index (χ1n) is 7.59. The van der Waals surface area contributed by atoms with Crippen LogP contribution >= 0.6 is 23.1 Å². The maximum Gasteiger partial charge on any atom is 0.262 e. The van der Waals surface area contributed by atoms with E-state index < -0.39 is 0 Å². The summed E-state index contributed by atoms with van der Waals surface area (Å²) in [4.78, 5) is 15.7. The Morgan fingerprint density at radius 2 is 2.17 bits per heavy atom. The summed E-state index contributed by atoms with van der Waals surface area (Å²) >= 11 is 3.44. The van der Waals surface area contributed by atoms with Gasteiger partial charge in [0.05, 0.1) is 6.54 Å². The van der Waals surface area contributed by atoms with Crippen molar-refractivity contribution in [2.24, 2.45) is 0 Å². The average Bonchev–Trinajstić information content (AvgIpc) is 3.25.